The molecular weight excluding hydrogens is 659 g/mol. The number of unbranched alkanes of at least 4 members (excludes halogenated alkanes) is 1. The highest BCUT2D eigenvalue weighted by Gasteiger charge is 2.29. The Bertz CT molecular complexity index is 1560. The third-order valence-corrected chi connectivity index (χ3v) is 11.3. The topological polar surface area (TPSA) is 177 Å². The van der Waals surface area contributed by atoms with Crippen molar-refractivity contribution in [2.75, 3.05) is 40.3 Å². The second kappa shape index (κ2) is 18.6. The number of carbonyl (C=O) groups excluding carboxylic acids is 2. The number of amides is 2. The summed E-state index contributed by atoms with van der Waals surface area (Å²) in [6, 6.07) is 9.02. The highest BCUT2D eigenvalue weighted by atomic mass is 32.2. The maximum absolute atomic E-state index is 13.9. The molecule has 0 radical (unpaired) electrons. The summed E-state index contributed by atoms with van der Waals surface area (Å²) in [4.78, 5) is 31.4. The third kappa shape index (κ3) is 11.8. The molecular formula is C33H53N5O8S2. The molecule has 2 atom stereocenters. The van der Waals surface area contributed by atoms with Gasteiger partial charge in [0.05, 0.1) is 22.3 Å². The maximum Gasteiger partial charge on any atom is 0.253 e. The lowest BCUT2D eigenvalue weighted by Gasteiger charge is -2.31. The quantitative estimate of drug-likeness (QED) is 0.151. The Morgan fingerprint density at radius 2 is 1.44 bits per heavy atom. The normalized spacial score (nSPS) is 13.6. The average Bonchev–Trinajstić information content (AvgIpc) is 3.03. The Kier molecular flexibility index (Phi) is 15.9. The van der Waals surface area contributed by atoms with Crippen LogP contribution in [0.3, 0.4) is 0 Å². The zero-order valence-electron chi connectivity index (χ0n) is 29.1. The van der Waals surface area contributed by atoms with Crippen LogP contribution in [-0.4, -0.2) is 111 Å². The van der Waals surface area contributed by atoms with Gasteiger partial charge < -0.3 is 20.4 Å². The lowest BCUT2D eigenvalue weighted by molar-refractivity contribution is 0.0613. The first-order valence-electron chi connectivity index (χ1n) is 16.4. The number of aliphatic hydroxyl groups excluding tert-OH is 1. The summed E-state index contributed by atoms with van der Waals surface area (Å²) in [7, 11) is -5.07. The molecule has 0 saturated carbocycles. The Hall–Kier alpha value is -3.08. The smallest absolute Gasteiger partial charge is 0.253 e. The molecule has 2 rings (SSSR count). The zero-order chi connectivity index (χ0) is 36.2. The van der Waals surface area contributed by atoms with Crippen molar-refractivity contribution in [1.82, 2.24) is 24.4 Å². The number of aliphatic hydroxyl groups is 1. The van der Waals surface area contributed by atoms with Gasteiger partial charge in [-0.25, -0.2) is 26.1 Å². The highest BCUT2D eigenvalue weighted by molar-refractivity contribution is 7.90. The Balaban J connectivity index is 2.58. The number of hydrogen-bond acceptors (Lipinski definition) is 9. The maximum atomic E-state index is 13.9. The van der Waals surface area contributed by atoms with Gasteiger partial charge in [0.2, 0.25) is 20.0 Å². The van der Waals surface area contributed by atoms with E-state index in [1.807, 2.05) is 20.8 Å². The number of phenolic OH excluding ortho intramolecular Hbond substituents is 1. The Morgan fingerprint density at radius 1 is 0.854 bits per heavy atom. The molecule has 0 aliphatic heterocycles. The van der Waals surface area contributed by atoms with Crippen LogP contribution in [0, 0.1) is 0 Å². The van der Waals surface area contributed by atoms with E-state index in [2.05, 4.69) is 10.1 Å². The number of benzene rings is 2. The van der Waals surface area contributed by atoms with Crippen LogP contribution in [0.5, 0.6) is 5.75 Å². The molecule has 0 aliphatic carbocycles. The number of sulfonamides is 2. The lowest BCUT2D eigenvalue weighted by atomic mass is 9.99. The molecule has 48 heavy (non-hydrogen) atoms. The molecule has 0 heterocycles. The minimum atomic E-state index is -4.05. The fourth-order valence-corrected chi connectivity index (χ4v) is 6.54. The number of hydrogen-bond donors (Lipinski definition) is 4. The van der Waals surface area contributed by atoms with Gasteiger partial charge in [-0.05, 0) is 75.4 Å². The van der Waals surface area contributed by atoms with E-state index in [9.17, 15) is 36.6 Å². The molecule has 2 amide bonds. The van der Waals surface area contributed by atoms with Crippen molar-refractivity contribution in [2.45, 2.75) is 89.0 Å². The number of carbonyl (C=O) groups is 2. The van der Waals surface area contributed by atoms with Crippen LogP contribution in [0.4, 0.5) is 0 Å². The van der Waals surface area contributed by atoms with Crippen molar-refractivity contribution in [3.05, 3.63) is 59.2 Å². The lowest BCUT2D eigenvalue weighted by Crippen LogP contribution is -2.54. The minimum absolute atomic E-state index is 0.0324. The fourth-order valence-electron chi connectivity index (χ4n) is 4.83. The summed E-state index contributed by atoms with van der Waals surface area (Å²) in [6.45, 7) is 9.93. The second-order valence-electron chi connectivity index (χ2n) is 12.3. The van der Waals surface area contributed by atoms with E-state index >= 15 is 0 Å². The van der Waals surface area contributed by atoms with E-state index in [-0.39, 0.29) is 34.7 Å². The molecule has 15 heteroatoms. The Morgan fingerprint density at radius 3 is 1.96 bits per heavy atom. The summed E-state index contributed by atoms with van der Waals surface area (Å²) in [5, 5.41) is 24.8. The number of aromatic hydroxyl groups is 1. The molecule has 0 aromatic heterocycles. The molecule has 270 valence electrons. The van der Waals surface area contributed by atoms with Gasteiger partial charge in [0.1, 0.15) is 5.75 Å². The first kappa shape index (κ1) is 41.1. The number of phenols is 1. The fraction of sp³-hybridized carbons (Fsp3) is 0.576. The third-order valence-electron chi connectivity index (χ3n) is 7.71. The molecule has 0 spiro atoms. The molecule has 2 aromatic rings. The minimum Gasteiger partial charge on any atom is -0.508 e. The van der Waals surface area contributed by atoms with E-state index in [4.69, 9.17) is 0 Å². The van der Waals surface area contributed by atoms with Crippen molar-refractivity contribution in [2.24, 2.45) is 0 Å². The van der Waals surface area contributed by atoms with Gasteiger partial charge in [-0.15, -0.1) is 4.83 Å². The van der Waals surface area contributed by atoms with Gasteiger partial charge in [0.25, 0.3) is 11.8 Å². The van der Waals surface area contributed by atoms with Gasteiger partial charge in [0.15, 0.2) is 0 Å². The predicted molar refractivity (Wildman–Crippen MR) is 187 cm³/mol. The first-order valence-corrected chi connectivity index (χ1v) is 19.3. The SMILES string of the molecule is CCCCN(CC(O)C(Cc1ccc(O)cc1)NC(=O)c1cc(C(=O)N(CCC)CCC)cc(S(=O)(=O)N(C)C)c1)NS(=O)(=O)C(C)C. The number of nitrogens with zero attached hydrogens (tertiary/aromatic N) is 3. The standard InChI is InChI=1S/C33H53N5O8S2/c1-8-11-18-38(35-47(43,44)24(4)5)23-31(40)30(19-25-12-14-28(39)15-13-25)34-32(41)26-20-27(33(42)37(16-9-2)17-10-3)22-29(21-26)48(45,46)36(6)7/h12-15,20-22,24,30-31,35,39-40H,8-11,16-19,23H2,1-7H3,(H,34,41). The van der Waals surface area contributed by atoms with E-state index in [0.717, 1.165) is 10.7 Å². The first-order chi connectivity index (χ1) is 22.5. The van der Waals surface area contributed by atoms with Crippen molar-refractivity contribution < 1.29 is 36.6 Å². The molecule has 2 aromatic carbocycles. The van der Waals surface area contributed by atoms with Gasteiger partial charge >= 0.3 is 0 Å². The van der Waals surface area contributed by atoms with Crippen LogP contribution in [0.2, 0.25) is 0 Å². The van der Waals surface area contributed by atoms with E-state index in [1.54, 1.807) is 17.0 Å². The molecule has 0 aliphatic rings. The van der Waals surface area contributed by atoms with Gasteiger partial charge in [-0.3, -0.25) is 9.59 Å². The summed E-state index contributed by atoms with van der Waals surface area (Å²) in [5.74, 6) is -1.11. The van der Waals surface area contributed by atoms with Gasteiger partial charge in [-0.2, -0.15) is 0 Å². The van der Waals surface area contributed by atoms with Crippen LogP contribution >= 0.6 is 0 Å². The summed E-state index contributed by atoms with van der Waals surface area (Å²) < 4.78 is 52.8. The second-order valence-corrected chi connectivity index (χ2v) is 16.7. The van der Waals surface area contributed by atoms with Crippen molar-refractivity contribution in [1.29, 1.82) is 0 Å². The molecule has 13 nitrogen and oxygen atoms in total. The Labute approximate surface area is 286 Å². The monoisotopic (exact) mass is 711 g/mol. The molecule has 0 fully saturated rings. The average molecular weight is 712 g/mol. The van der Waals surface area contributed by atoms with Crippen LogP contribution in [0.1, 0.15) is 86.6 Å². The largest absolute Gasteiger partial charge is 0.508 e. The summed E-state index contributed by atoms with van der Waals surface area (Å²) >= 11 is 0. The molecule has 0 saturated heterocycles. The van der Waals surface area contributed by atoms with E-state index in [0.29, 0.717) is 44.5 Å². The summed E-state index contributed by atoms with van der Waals surface area (Å²) in [6.07, 6.45) is 1.58. The highest BCUT2D eigenvalue weighted by Crippen LogP contribution is 2.21. The molecule has 0 bridgehead atoms. The van der Waals surface area contributed by atoms with Crippen LogP contribution < -0.4 is 10.1 Å². The van der Waals surface area contributed by atoms with Crippen LogP contribution in [0.15, 0.2) is 47.4 Å². The van der Waals surface area contributed by atoms with Gasteiger partial charge in [-0.1, -0.05) is 39.3 Å². The van der Waals surface area contributed by atoms with Gasteiger partial charge in [0, 0.05) is 51.4 Å². The number of rotatable bonds is 20. The predicted octanol–water partition coefficient (Wildman–Crippen LogP) is 2.95. The summed E-state index contributed by atoms with van der Waals surface area (Å²) in [5.41, 5.74) is 0.601. The van der Waals surface area contributed by atoms with Crippen LogP contribution in [0.25, 0.3) is 0 Å². The number of nitrogens with one attached hydrogen (secondary N) is 2. The molecule has 4 N–H and O–H groups in total. The van der Waals surface area contributed by atoms with Crippen LogP contribution in [-0.2, 0) is 26.5 Å². The number of hydrazine groups is 1. The van der Waals surface area contributed by atoms with Crippen molar-refractivity contribution in [3.8, 4) is 5.75 Å². The van der Waals surface area contributed by atoms with Crippen molar-refractivity contribution >= 4 is 31.9 Å². The van der Waals surface area contributed by atoms with E-state index < -0.39 is 49.3 Å². The van der Waals surface area contributed by atoms with Crippen molar-refractivity contribution in [3.63, 3.8) is 0 Å². The molecule has 2 unspecified atom stereocenters. The van der Waals surface area contributed by atoms with E-state index in [1.165, 1.54) is 63.3 Å². The zero-order valence-corrected chi connectivity index (χ0v) is 30.8.